The van der Waals surface area contributed by atoms with Gasteiger partial charge in [0.2, 0.25) is 0 Å². The zero-order valence-corrected chi connectivity index (χ0v) is 7.71. The lowest BCUT2D eigenvalue weighted by atomic mass is 10.2. The van der Waals surface area contributed by atoms with Gasteiger partial charge in [-0.2, -0.15) is 0 Å². The number of nitro groups is 1. The van der Waals surface area contributed by atoms with E-state index in [0.717, 1.165) is 0 Å². The smallest absolute Gasteiger partial charge is 0.263 e. The first-order chi connectivity index (χ1) is 6.66. The van der Waals surface area contributed by atoms with Gasteiger partial charge >= 0.3 is 5.91 Å². The number of amides is 1. The Morgan fingerprint density at radius 3 is 2.43 bits per heavy atom. The van der Waals surface area contributed by atoms with Crippen molar-refractivity contribution in [1.29, 1.82) is 0 Å². The van der Waals surface area contributed by atoms with Gasteiger partial charge in [-0.25, -0.2) is 10.1 Å². The molecule has 1 aromatic carbocycles. The van der Waals surface area contributed by atoms with Crippen molar-refractivity contribution in [1.82, 2.24) is 5.01 Å². The highest BCUT2D eigenvalue weighted by Crippen LogP contribution is 2.04. The maximum Gasteiger partial charge on any atom is 0.313 e. The van der Waals surface area contributed by atoms with Gasteiger partial charge in [-0.1, -0.05) is 23.2 Å². The van der Waals surface area contributed by atoms with E-state index in [1.807, 2.05) is 0 Å². The number of hydrazine groups is 1. The molecule has 0 fully saturated rings. The highest BCUT2D eigenvalue weighted by atomic mass is 16.7. The number of benzene rings is 1. The van der Waals surface area contributed by atoms with E-state index in [-0.39, 0.29) is 6.54 Å². The fourth-order valence-corrected chi connectivity index (χ4v) is 1.06. The molecule has 1 aromatic rings. The van der Waals surface area contributed by atoms with Crippen LogP contribution in [0.1, 0.15) is 17.3 Å². The Labute approximate surface area is 81.1 Å². The SMILES string of the molecule is CCN(C(=O)c1ccccc1)[N+](=O)[O-]. The molecule has 74 valence electrons. The quantitative estimate of drug-likeness (QED) is 0.538. The lowest BCUT2D eigenvalue weighted by Gasteiger charge is -2.09. The Morgan fingerprint density at radius 1 is 1.43 bits per heavy atom. The van der Waals surface area contributed by atoms with E-state index in [0.29, 0.717) is 10.6 Å². The molecular weight excluding hydrogens is 184 g/mol. The lowest BCUT2D eigenvalue weighted by Crippen LogP contribution is -2.35. The fourth-order valence-electron chi connectivity index (χ4n) is 1.06. The van der Waals surface area contributed by atoms with Crippen molar-refractivity contribution in [2.24, 2.45) is 0 Å². The molecule has 0 spiro atoms. The zero-order chi connectivity index (χ0) is 10.6. The van der Waals surface area contributed by atoms with Crippen LogP contribution in [0.15, 0.2) is 30.3 Å². The van der Waals surface area contributed by atoms with Crippen molar-refractivity contribution >= 4 is 5.91 Å². The topological polar surface area (TPSA) is 63.5 Å². The molecule has 1 amide bonds. The first kappa shape index (κ1) is 10.2. The first-order valence-corrected chi connectivity index (χ1v) is 4.18. The normalized spacial score (nSPS) is 9.50. The summed E-state index contributed by atoms with van der Waals surface area (Å²) < 4.78 is 0. The Morgan fingerprint density at radius 2 is 2.00 bits per heavy atom. The molecule has 0 N–H and O–H groups in total. The minimum atomic E-state index is -0.699. The summed E-state index contributed by atoms with van der Waals surface area (Å²) in [5.74, 6) is -0.585. The molecule has 5 heteroatoms. The number of carbonyl (C=O) groups is 1. The van der Waals surface area contributed by atoms with Crippen molar-refractivity contribution in [3.63, 3.8) is 0 Å². The van der Waals surface area contributed by atoms with Crippen LogP contribution in [-0.4, -0.2) is 22.5 Å². The van der Waals surface area contributed by atoms with Gasteiger partial charge in [-0.05, 0) is 19.1 Å². The summed E-state index contributed by atoms with van der Waals surface area (Å²) in [7, 11) is 0. The summed E-state index contributed by atoms with van der Waals surface area (Å²) in [5, 5.41) is 10.3. The minimum Gasteiger partial charge on any atom is -0.263 e. The van der Waals surface area contributed by atoms with Crippen LogP contribution < -0.4 is 0 Å². The van der Waals surface area contributed by atoms with Crippen LogP contribution in [0.5, 0.6) is 0 Å². The van der Waals surface area contributed by atoms with Crippen LogP contribution in [0.3, 0.4) is 0 Å². The van der Waals surface area contributed by atoms with E-state index < -0.39 is 10.9 Å². The third kappa shape index (κ3) is 2.07. The first-order valence-electron chi connectivity index (χ1n) is 4.18. The van der Waals surface area contributed by atoms with Crippen LogP contribution in [0, 0.1) is 10.1 Å². The van der Waals surface area contributed by atoms with Crippen molar-refractivity contribution in [3.05, 3.63) is 46.0 Å². The summed E-state index contributed by atoms with van der Waals surface area (Å²) in [4.78, 5) is 22.0. The number of hydrogen-bond acceptors (Lipinski definition) is 3. The summed E-state index contributed by atoms with van der Waals surface area (Å²) in [6.45, 7) is 1.62. The fraction of sp³-hybridized carbons (Fsp3) is 0.222. The van der Waals surface area contributed by atoms with Crippen molar-refractivity contribution in [2.45, 2.75) is 6.92 Å². The van der Waals surface area contributed by atoms with Crippen molar-refractivity contribution < 1.29 is 9.83 Å². The van der Waals surface area contributed by atoms with E-state index in [1.54, 1.807) is 37.3 Å². The Bertz CT molecular complexity index is 337. The van der Waals surface area contributed by atoms with E-state index in [4.69, 9.17) is 0 Å². The van der Waals surface area contributed by atoms with Crippen molar-refractivity contribution in [3.8, 4) is 0 Å². The monoisotopic (exact) mass is 194 g/mol. The second-order valence-corrected chi connectivity index (χ2v) is 2.62. The number of nitrogens with zero attached hydrogens (tertiary/aromatic N) is 2. The van der Waals surface area contributed by atoms with Crippen LogP contribution in [-0.2, 0) is 0 Å². The van der Waals surface area contributed by atoms with Crippen molar-refractivity contribution in [2.75, 3.05) is 6.54 Å². The van der Waals surface area contributed by atoms with Crippen LogP contribution in [0.4, 0.5) is 0 Å². The molecule has 0 unspecified atom stereocenters. The number of carbonyl (C=O) groups excluding carboxylic acids is 1. The second kappa shape index (κ2) is 4.36. The Balaban J connectivity index is 2.89. The lowest BCUT2D eigenvalue weighted by molar-refractivity contribution is -0.631. The van der Waals surface area contributed by atoms with Gasteiger partial charge < -0.3 is 0 Å². The summed E-state index contributed by atoms with van der Waals surface area (Å²) >= 11 is 0. The van der Waals surface area contributed by atoms with E-state index in [2.05, 4.69) is 0 Å². The molecular formula is C9H10N2O3. The Kier molecular flexibility index (Phi) is 3.17. The maximum absolute atomic E-state index is 11.5. The molecule has 0 heterocycles. The molecule has 0 aliphatic heterocycles. The predicted molar refractivity (Wildman–Crippen MR) is 50.1 cm³/mol. The molecule has 0 aliphatic rings. The van der Waals surface area contributed by atoms with E-state index >= 15 is 0 Å². The largest absolute Gasteiger partial charge is 0.313 e. The second-order valence-electron chi connectivity index (χ2n) is 2.62. The van der Waals surface area contributed by atoms with Crippen LogP contribution in [0.25, 0.3) is 0 Å². The predicted octanol–water partition coefficient (Wildman–Crippen LogP) is 1.34. The molecule has 0 aromatic heterocycles. The van der Waals surface area contributed by atoms with Gasteiger partial charge in [0.1, 0.15) is 0 Å². The molecule has 0 bridgehead atoms. The third-order valence-corrected chi connectivity index (χ3v) is 1.75. The standard InChI is InChI=1S/C9H10N2O3/c1-2-10(11(13)14)9(12)8-6-4-3-5-7-8/h3-7H,2H2,1H3. The maximum atomic E-state index is 11.5. The number of rotatable bonds is 3. The molecule has 0 radical (unpaired) electrons. The van der Waals surface area contributed by atoms with Gasteiger partial charge in [-0.3, -0.25) is 4.79 Å². The van der Waals surface area contributed by atoms with Gasteiger partial charge in [0.05, 0.1) is 6.54 Å². The summed E-state index contributed by atoms with van der Waals surface area (Å²) in [5.41, 5.74) is 0.325. The minimum absolute atomic E-state index is 0.0563. The molecule has 5 nitrogen and oxygen atoms in total. The third-order valence-electron chi connectivity index (χ3n) is 1.75. The molecule has 0 atom stereocenters. The Hall–Kier alpha value is -1.91. The number of hydrogen-bond donors (Lipinski definition) is 0. The highest BCUT2D eigenvalue weighted by Gasteiger charge is 2.22. The van der Waals surface area contributed by atoms with E-state index in [1.165, 1.54) is 0 Å². The average molecular weight is 194 g/mol. The zero-order valence-electron chi connectivity index (χ0n) is 7.71. The van der Waals surface area contributed by atoms with Gasteiger partial charge in [0, 0.05) is 5.56 Å². The molecule has 0 saturated heterocycles. The highest BCUT2D eigenvalue weighted by molar-refractivity contribution is 5.93. The van der Waals surface area contributed by atoms with Gasteiger partial charge in [0.25, 0.3) is 0 Å². The molecule has 1 rings (SSSR count). The van der Waals surface area contributed by atoms with Crippen LogP contribution >= 0.6 is 0 Å². The molecule has 14 heavy (non-hydrogen) atoms. The van der Waals surface area contributed by atoms with Gasteiger partial charge in [-0.15, -0.1) is 0 Å². The average Bonchev–Trinajstić information content (AvgIpc) is 2.19. The summed E-state index contributed by atoms with van der Waals surface area (Å²) in [6, 6.07) is 8.18. The molecule has 0 aliphatic carbocycles. The van der Waals surface area contributed by atoms with Gasteiger partial charge in [0.15, 0.2) is 5.03 Å². The van der Waals surface area contributed by atoms with Crippen LogP contribution in [0.2, 0.25) is 0 Å². The van der Waals surface area contributed by atoms with E-state index in [9.17, 15) is 14.9 Å². The molecule has 0 saturated carbocycles. The summed E-state index contributed by atoms with van der Waals surface area (Å²) in [6.07, 6.45) is 0.